The lowest BCUT2D eigenvalue weighted by molar-refractivity contribution is 0.344. The fourth-order valence-corrected chi connectivity index (χ4v) is 0.898. The van der Waals surface area contributed by atoms with Crippen molar-refractivity contribution in [3.05, 3.63) is 0 Å². The Morgan fingerprint density at radius 3 is 2.20 bits per heavy atom. The van der Waals surface area contributed by atoms with Gasteiger partial charge in [-0.2, -0.15) is 0 Å². The van der Waals surface area contributed by atoms with Crippen LogP contribution in [0.1, 0.15) is 27.2 Å². The van der Waals surface area contributed by atoms with Gasteiger partial charge in [0.15, 0.2) is 5.96 Å². The number of nitrogens with two attached hydrogens (primary N) is 1. The molecule has 0 aromatic heterocycles. The quantitative estimate of drug-likeness (QED) is 0.457. The van der Waals surface area contributed by atoms with Crippen molar-refractivity contribution in [3.8, 4) is 0 Å². The van der Waals surface area contributed by atoms with Gasteiger partial charge < -0.3 is 10.6 Å². The van der Waals surface area contributed by atoms with Crippen molar-refractivity contribution < 1.29 is 0 Å². The molecule has 0 heterocycles. The molecule has 3 N–H and O–H groups in total. The Morgan fingerprint density at radius 2 is 2.10 bits per heavy atom. The summed E-state index contributed by atoms with van der Waals surface area (Å²) in [4.78, 5) is 1.88. The summed E-state index contributed by atoms with van der Waals surface area (Å²) in [5, 5.41) is 7.19. The summed E-state index contributed by atoms with van der Waals surface area (Å²) in [5.74, 6) is 0.178. The van der Waals surface area contributed by atoms with E-state index >= 15 is 0 Å². The van der Waals surface area contributed by atoms with Crippen LogP contribution in [-0.2, 0) is 0 Å². The molecule has 0 aromatic rings. The second-order valence-electron chi connectivity index (χ2n) is 2.67. The number of rotatable bonds is 3. The van der Waals surface area contributed by atoms with Crippen molar-refractivity contribution in [3.63, 3.8) is 0 Å². The third-order valence-corrected chi connectivity index (χ3v) is 1.40. The Morgan fingerprint density at radius 1 is 1.60 bits per heavy atom. The zero-order chi connectivity index (χ0) is 8.15. The summed E-state index contributed by atoms with van der Waals surface area (Å²) in [7, 11) is 0. The predicted molar refractivity (Wildman–Crippen MR) is 44.0 cm³/mol. The summed E-state index contributed by atoms with van der Waals surface area (Å²) in [6, 6.07) is 0.345. The van der Waals surface area contributed by atoms with E-state index in [1.54, 1.807) is 0 Å². The average molecular weight is 143 g/mol. The van der Waals surface area contributed by atoms with E-state index in [2.05, 4.69) is 6.92 Å². The Bertz CT molecular complexity index is 109. The maximum absolute atomic E-state index is 7.19. The van der Waals surface area contributed by atoms with Crippen molar-refractivity contribution in [1.82, 2.24) is 4.90 Å². The first-order chi connectivity index (χ1) is 4.59. The molecule has 0 radical (unpaired) electrons. The summed E-state index contributed by atoms with van der Waals surface area (Å²) in [6.07, 6.45) is 1.04. The van der Waals surface area contributed by atoms with Gasteiger partial charge >= 0.3 is 0 Å². The molecule has 0 aliphatic heterocycles. The van der Waals surface area contributed by atoms with Gasteiger partial charge in [-0.15, -0.1) is 0 Å². The van der Waals surface area contributed by atoms with Crippen LogP contribution in [0.25, 0.3) is 0 Å². The molecule has 0 saturated heterocycles. The van der Waals surface area contributed by atoms with Crippen LogP contribution in [0.5, 0.6) is 0 Å². The molecule has 0 saturated carbocycles. The fourth-order valence-electron chi connectivity index (χ4n) is 0.898. The summed E-state index contributed by atoms with van der Waals surface area (Å²) >= 11 is 0. The molecule has 10 heavy (non-hydrogen) atoms. The lowest BCUT2D eigenvalue weighted by Crippen LogP contribution is -2.41. The molecule has 0 spiro atoms. The van der Waals surface area contributed by atoms with Gasteiger partial charge in [0, 0.05) is 12.6 Å². The Hall–Kier alpha value is -0.730. The van der Waals surface area contributed by atoms with Gasteiger partial charge in [0.1, 0.15) is 0 Å². The molecule has 0 aromatic carbocycles. The molecule has 3 nitrogen and oxygen atoms in total. The van der Waals surface area contributed by atoms with E-state index in [1.165, 1.54) is 0 Å². The molecular formula is C7H17N3. The van der Waals surface area contributed by atoms with Crippen LogP contribution >= 0.6 is 0 Å². The van der Waals surface area contributed by atoms with E-state index in [-0.39, 0.29) is 5.96 Å². The van der Waals surface area contributed by atoms with E-state index in [0.29, 0.717) is 6.04 Å². The molecule has 0 fully saturated rings. The summed E-state index contributed by atoms with van der Waals surface area (Å²) < 4.78 is 0. The molecule has 0 atom stereocenters. The molecule has 0 aliphatic carbocycles. The highest BCUT2D eigenvalue weighted by Crippen LogP contribution is 1.97. The van der Waals surface area contributed by atoms with Gasteiger partial charge in [0.05, 0.1) is 0 Å². The largest absolute Gasteiger partial charge is 0.370 e. The summed E-state index contributed by atoms with van der Waals surface area (Å²) in [5.41, 5.74) is 5.33. The van der Waals surface area contributed by atoms with Gasteiger partial charge in [-0.1, -0.05) is 6.92 Å². The summed E-state index contributed by atoms with van der Waals surface area (Å²) in [6.45, 7) is 7.04. The zero-order valence-electron chi connectivity index (χ0n) is 7.02. The van der Waals surface area contributed by atoms with Crippen molar-refractivity contribution in [1.29, 1.82) is 5.41 Å². The van der Waals surface area contributed by atoms with Crippen LogP contribution in [0.3, 0.4) is 0 Å². The Balaban J connectivity index is 3.85. The van der Waals surface area contributed by atoms with Crippen molar-refractivity contribution >= 4 is 5.96 Å². The van der Waals surface area contributed by atoms with Crippen LogP contribution in [-0.4, -0.2) is 23.4 Å². The topological polar surface area (TPSA) is 53.1 Å². The first-order valence-electron chi connectivity index (χ1n) is 3.70. The molecule has 60 valence electrons. The zero-order valence-corrected chi connectivity index (χ0v) is 7.02. The number of nitrogens with zero attached hydrogens (tertiary/aromatic N) is 1. The third kappa shape index (κ3) is 2.71. The minimum absolute atomic E-state index is 0.178. The molecular weight excluding hydrogens is 126 g/mol. The molecule has 0 aliphatic rings. The minimum Gasteiger partial charge on any atom is -0.370 e. The first kappa shape index (κ1) is 9.27. The van der Waals surface area contributed by atoms with Crippen LogP contribution in [0.4, 0.5) is 0 Å². The average Bonchev–Trinajstić information content (AvgIpc) is 1.81. The molecule has 0 bridgehead atoms. The Labute approximate surface area is 62.7 Å². The van der Waals surface area contributed by atoms with Crippen LogP contribution in [0.15, 0.2) is 0 Å². The maximum atomic E-state index is 7.19. The minimum atomic E-state index is 0.178. The van der Waals surface area contributed by atoms with Gasteiger partial charge in [-0.3, -0.25) is 5.41 Å². The van der Waals surface area contributed by atoms with Crippen LogP contribution in [0.2, 0.25) is 0 Å². The van der Waals surface area contributed by atoms with Gasteiger partial charge in [0.25, 0.3) is 0 Å². The second kappa shape index (κ2) is 4.14. The van der Waals surface area contributed by atoms with Gasteiger partial charge in [-0.05, 0) is 20.3 Å². The highest BCUT2D eigenvalue weighted by atomic mass is 15.2. The molecule has 0 amide bonds. The number of nitrogens with one attached hydrogen (secondary N) is 1. The number of hydrogen-bond acceptors (Lipinski definition) is 1. The van der Waals surface area contributed by atoms with E-state index < -0.39 is 0 Å². The normalized spacial score (nSPS) is 10.0. The number of hydrogen-bond donors (Lipinski definition) is 2. The third-order valence-electron chi connectivity index (χ3n) is 1.40. The lowest BCUT2D eigenvalue weighted by atomic mass is 10.3. The van der Waals surface area contributed by atoms with Gasteiger partial charge in [-0.25, -0.2) is 0 Å². The maximum Gasteiger partial charge on any atom is 0.188 e. The lowest BCUT2D eigenvalue weighted by Gasteiger charge is -2.25. The van der Waals surface area contributed by atoms with Gasteiger partial charge in [0.2, 0.25) is 0 Å². The van der Waals surface area contributed by atoms with E-state index in [4.69, 9.17) is 11.1 Å². The van der Waals surface area contributed by atoms with Crippen LogP contribution in [0, 0.1) is 5.41 Å². The SMILES string of the molecule is CCCN(C(=N)N)C(C)C. The monoisotopic (exact) mass is 143 g/mol. The standard InChI is InChI=1S/C7H17N3/c1-4-5-10(6(2)3)7(8)9/h6H,4-5H2,1-3H3,(H3,8,9). The van der Waals surface area contributed by atoms with Crippen molar-refractivity contribution in [2.75, 3.05) is 6.54 Å². The molecule has 3 heteroatoms. The van der Waals surface area contributed by atoms with Crippen molar-refractivity contribution in [2.45, 2.75) is 33.2 Å². The van der Waals surface area contributed by atoms with E-state index in [0.717, 1.165) is 13.0 Å². The fraction of sp³-hybridized carbons (Fsp3) is 0.857. The molecule has 0 rings (SSSR count). The first-order valence-corrected chi connectivity index (χ1v) is 3.70. The predicted octanol–water partition coefficient (Wildman–Crippen LogP) is 1.00. The second-order valence-corrected chi connectivity index (χ2v) is 2.67. The van der Waals surface area contributed by atoms with Crippen molar-refractivity contribution in [2.24, 2.45) is 5.73 Å². The highest BCUT2D eigenvalue weighted by Gasteiger charge is 2.07. The van der Waals surface area contributed by atoms with E-state index in [9.17, 15) is 0 Å². The van der Waals surface area contributed by atoms with E-state index in [1.807, 2.05) is 18.7 Å². The highest BCUT2D eigenvalue weighted by molar-refractivity contribution is 5.74. The number of guanidine groups is 1. The Kier molecular flexibility index (Phi) is 3.84. The smallest absolute Gasteiger partial charge is 0.188 e. The molecule has 0 unspecified atom stereocenters. The van der Waals surface area contributed by atoms with Crippen LogP contribution < -0.4 is 5.73 Å².